The number of benzene rings is 1. The molecule has 0 radical (unpaired) electrons. The van der Waals surface area contributed by atoms with Crippen molar-refractivity contribution in [1.82, 2.24) is 10.2 Å². The predicted octanol–water partition coefficient (Wildman–Crippen LogP) is 3.02. The van der Waals surface area contributed by atoms with Crippen molar-refractivity contribution in [3.05, 3.63) is 29.8 Å². The van der Waals surface area contributed by atoms with E-state index < -0.39 is 18.6 Å². The largest absolute Gasteiger partial charge is 0.497 e. The van der Waals surface area contributed by atoms with Gasteiger partial charge >= 0.3 is 6.18 Å². The van der Waals surface area contributed by atoms with Crippen molar-refractivity contribution in [2.75, 3.05) is 33.3 Å². The van der Waals surface area contributed by atoms with Crippen LogP contribution in [0.2, 0.25) is 0 Å². The Kier molecular flexibility index (Phi) is 6.77. The fourth-order valence-electron chi connectivity index (χ4n) is 2.52. The van der Waals surface area contributed by atoms with E-state index in [0.717, 1.165) is 13.1 Å². The Morgan fingerprint density at radius 2 is 1.95 bits per heavy atom. The molecule has 2 rings (SSSR count). The zero-order chi connectivity index (χ0) is 14.6. The lowest BCUT2D eigenvalue weighted by atomic mass is 10.0. The molecule has 0 aromatic heterocycles. The zero-order valence-electron chi connectivity index (χ0n) is 11.8. The van der Waals surface area contributed by atoms with Gasteiger partial charge in [-0.05, 0) is 17.7 Å². The number of ether oxygens (including phenoxy) is 1. The van der Waals surface area contributed by atoms with Gasteiger partial charge < -0.3 is 10.1 Å². The summed E-state index contributed by atoms with van der Waals surface area (Å²) in [5.74, 6) is 0.588. The van der Waals surface area contributed by atoms with Gasteiger partial charge in [0, 0.05) is 32.2 Å². The summed E-state index contributed by atoms with van der Waals surface area (Å²) in [6, 6.07) is 6.26. The highest BCUT2D eigenvalue weighted by molar-refractivity contribution is 5.85. The second-order valence-corrected chi connectivity index (χ2v) is 4.90. The first-order chi connectivity index (χ1) is 9.49. The van der Waals surface area contributed by atoms with Crippen LogP contribution in [0.5, 0.6) is 5.75 Å². The summed E-state index contributed by atoms with van der Waals surface area (Å²) >= 11 is 0. The minimum atomic E-state index is -4.18. The van der Waals surface area contributed by atoms with E-state index in [1.165, 1.54) is 7.11 Å². The number of rotatable bonds is 4. The number of hydrogen-bond acceptors (Lipinski definition) is 3. The van der Waals surface area contributed by atoms with Gasteiger partial charge in [0.2, 0.25) is 0 Å². The predicted molar refractivity (Wildman–Crippen MR) is 78.1 cm³/mol. The van der Waals surface area contributed by atoms with Gasteiger partial charge in [-0.15, -0.1) is 12.4 Å². The summed E-state index contributed by atoms with van der Waals surface area (Å²) < 4.78 is 43.7. The van der Waals surface area contributed by atoms with Crippen molar-refractivity contribution in [1.29, 1.82) is 0 Å². The highest BCUT2D eigenvalue weighted by Gasteiger charge is 2.36. The Hall–Kier alpha value is -0.980. The molecule has 1 aliphatic rings. The lowest BCUT2D eigenvalue weighted by Crippen LogP contribution is -2.46. The first-order valence-corrected chi connectivity index (χ1v) is 6.65. The van der Waals surface area contributed by atoms with Gasteiger partial charge in [0.05, 0.1) is 13.5 Å². The van der Waals surface area contributed by atoms with E-state index in [4.69, 9.17) is 4.74 Å². The van der Waals surface area contributed by atoms with Crippen LogP contribution in [-0.4, -0.2) is 44.4 Å². The van der Waals surface area contributed by atoms with Crippen molar-refractivity contribution in [2.45, 2.75) is 18.6 Å². The second kappa shape index (κ2) is 7.87. The van der Waals surface area contributed by atoms with E-state index in [1.807, 2.05) is 4.90 Å². The number of nitrogens with zero attached hydrogens (tertiary/aromatic N) is 1. The molecule has 1 fully saturated rings. The standard InChI is InChI=1S/C14H19F3N2O.ClH/c1-20-12-4-2-3-11(9-12)13(10-14(15,16)17)19-7-5-18-6-8-19;/h2-4,9,13,18H,5-8,10H2,1H3;1H/t13-;/m1./s1. The molecule has 1 saturated heterocycles. The molecule has 0 amide bonds. The highest BCUT2D eigenvalue weighted by atomic mass is 35.5. The van der Waals surface area contributed by atoms with Gasteiger partial charge in [-0.2, -0.15) is 13.2 Å². The Bertz CT molecular complexity index is 436. The molecule has 1 aliphatic heterocycles. The van der Waals surface area contributed by atoms with Gasteiger partial charge in [-0.3, -0.25) is 4.90 Å². The van der Waals surface area contributed by atoms with E-state index in [1.54, 1.807) is 24.3 Å². The smallest absolute Gasteiger partial charge is 0.390 e. The van der Waals surface area contributed by atoms with E-state index in [0.29, 0.717) is 24.4 Å². The first-order valence-electron chi connectivity index (χ1n) is 6.65. The number of halogens is 4. The fraction of sp³-hybridized carbons (Fsp3) is 0.571. The molecule has 120 valence electrons. The molecule has 0 unspecified atom stereocenters. The van der Waals surface area contributed by atoms with Crippen LogP contribution in [0.1, 0.15) is 18.0 Å². The van der Waals surface area contributed by atoms with Crippen LogP contribution in [0.25, 0.3) is 0 Å². The van der Waals surface area contributed by atoms with Crippen molar-refractivity contribution in [2.24, 2.45) is 0 Å². The van der Waals surface area contributed by atoms with E-state index in [9.17, 15) is 13.2 Å². The van der Waals surface area contributed by atoms with Crippen LogP contribution < -0.4 is 10.1 Å². The Morgan fingerprint density at radius 1 is 1.29 bits per heavy atom. The van der Waals surface area contributed by atoms with E-state index >= 15 is 0 Å². The van der Waals surface area contributed by atoms with Gasteiger partial charge in [0.1, 0.15) is 5.75 Å². The summed E-state index contributed by atoms with van der Waals surface area (Å²) in [4.78, 5) is 1.89. The monoisotopic (exact) mass is 324 g/mol. The summed E-state index contributed by atoms with van der Waals surface area (Å²) in [5, 5.41) is 3.16. The lowest BCUT2D eigenvalue weighted by Gasteiger charge is -2.35. The third kappa shape index (κ3) is 5.37. The molecule has 0 saturated carbocycles. The van der Waals surface area contributed by atoms with Crippen molar-refractivity contribution < 1.29 is 17.9 Å². The van der Waals surface area contributed by atoms with Crippen molar-refractivity contribution in [3.63, 3.8) is 0 Å². The molecule has 1 atom stereocenters. The molecular formula is C14H20ClF3N2O. The topological polar surface area (TPSA) is 24.5 Å². The minimum absolute atomic E-state index is 0. The summed E-state index contributed by atoms with van der Waals surface area (Å²) in [5.41, 5.74) is 0.656. The van der Waals surface area contributed by atoms with Gasteiger partial charge in [0.15, 0.2) is 0 Å². The Morgan fingerprint density at radius 3 is 2.52 bits per heavy atom. The average molecular weight is 325 g/mol. The number of piperazine rings is 1. The molecule has 1 N–H and O–H groups in total. The third-order valence-corrected chi connectivity index (χ3v) is 3.50. The summed E-state index contributed by atoms with van der Waals surface area (Å²) in [6.45, 7) is 2.69. The van der Waals surface area contributed by atoms with Gasteiger partial charge in [-0.25, -0.2) is 0 Å². The van der Waals surface area contributed by atoms with E-state index in [-0.39, 0.29) is 12.4 Å². The molecule has 1 aromatic carbocycles. The summed E-state index contributed by atoms with van der Waals surface area (Å²) in [7, 11) is 1.52. The molecule has 1 aromatic rings. The Balaban J connectivity index is 0.00000220. The average Bonchev–Trinajstić information content (AvgIpc) is 2.45. The number of hydrogen-bond donors (Lipinski definition) is 1. The van der Waals surface area contributed by atoms with Crippen LogP contribution in [-0.2, 0) is 0 Å². The molecule has 3 nitrogen and oxygen atoms in total. The molecule has 0 spiro atoms. The van der Waals surface area contributed by atoms with Gasteiger partial charge in [0.25, 0.3) is 0 Å². The normalized spacial score (nSPS) is 17.9. The SMILES string of the molecule is COc1cccc([C@@H](CC(F)(F)F)N2CCNCC2)c1.Cl. The van der Waals surface area contributed by atoms with Crippen molar-refractivity contribution >= 4 is 12.4 Å². The number of nitrogens with one attached hydrogen (secondary N) is 1. The zero-order valence-corrected chi connectivity index (χ0v) is 12.6. The van der Waals surface area contributed by atoms with E-state index in [2.05, 4.69) is 5.32 Å². The summed E-state index contributed by atoms with van der Waals surface area (Å²) in [6.07, 6.45) is -5.02. The maximum atomic E-state index is 12.9. The Labute approximate surface area is 128 Å². The molecular weight excluding hydrogens is 305 g/mol. The molecule has 0 bridgehead atoms. The fourth-order valence-corrected chi connectivity index (χ4v) is 2.52. The molecule has 0 aliphatic carbocycles. The molecule has 7 heteroatoms. The van der Waals surface area contributed by atoms with Crippen LogP contribution in [0, 0.1) is 0 Å². The second-order valence-electron chi connectivity index (χ2n) is 4.90. The van der Waals surface area contributed by atoms with Crippen LogP contribution in [0.4, 0.5) is 13.2 Å². The minimum Gasteiger partial charge on any atom is -0.497 e. The van der Waals surface area contributed by atoms with Gasteiger partial charge in [-0.1, -0.05) is 12.1 Å². The van der Waals surface area contributed by atoms with Crippen LogP contribution in [0.3, 0.4) is 0 Å². The molecule has 1 heterocycles. The van der Waals surface area contributed by atoms with Crippen molar-refractivity contribution in [3.8, 4) is 5.75 Å². The number of methoxy groups -OCH3 is 1. The van der Waals surface area contributed by atoms with Crippen LogP contribution >= 0.6 is 12.4 Å². The molecule has 21 heavy (non-hydrogen) atoms. The first kappa shape index (κ1) is 18.1. The quantitative estimate of drug-likeness (QED) is 0.921. The lowest BCUT2D eigenvalue weighted by molar-refractivity contribution is -0.148. The maximum absolute atomic E-state index is 12.9. The third-order valence-electron chi connectivity index (χ3n) is 3.50. The maximum Gasteiger partial charge on any atom is 0.390 e. The highest BCUT2D eigenvalue weighted by Crippen LogP contribution is 2.35. The van der Waals surface area contributed by atoms with Crippen LogP contribution in [0.15, 0.2) is 24.3 Å². The number of alkyl halides is 3.